The summed E-state index contributed by atoms with van der Waals surface area (Å²) in [5, 5.41) is 0. The third-order valence-corrected chi connectivity index (χ3v) is 3.29. The van der Waals surface area contributed by atoms with E-state index in [0.29, 0.717) is 17.6 Å². The quantitative estimate of drug-likeness (QED) is 0.604. The molecular formula is C9H9ClO4S. The van der Waals surface area contributed by atoms with Crippen LogP contribution in [0.5, 0.6) is 5.75 Å². The summed E-state index contributed by atoms with van der Waals surface area (Å²) >= 11 is 0. The zero-order valence-electron chi connectivity index (χ0n) is 8.15. The summed E-state index contributed by atoms with van der Waals surface area (Å²) in [4.78, 5) is 10.4. The maximum atomic E-state index is 11.1. The lowest BCUT2D eigenvalue weighted by Crippen LogP contribution is -2.00. The number of halogens is 1. The maximum Gasteiger partial charge on any atom is 0.262 e. The summed E-state index contributed by atoms with van der Waals surface area (Å²) in [6.07, 6.45) is 0.446. The summed E-state index contributed by atoms with van der Waals surface area (Å²) in [7, 11) is 2.66. The van der Waals surface area contributed by atoms with E-state index in [-0.39, 0.29) is 10.5 Å². The molecule has 15 heavy (non-hydrogen) atoms. The molecule has 0 bridgehead atoms. The van der Waals surface area contributed by atoms with Crippen molar-refractivity contribution in [1.82, 2.24) is 0 Å². The Hall–Kier alpha value is -1.07. The highest BCUT2D eigenvalue weighted by molar-refractivity contribution is 8.13. The monoisotopic (exact) mass is 248 g/mol. The molecule has 1 aromatic rings. The smallest absolute Gasteiger partial charge is 0.262 e. The lowest BCUT2D eigenvalue weighted by Gasteiger charge is -2.08. The molecule has 1 rings (SSSR count). The Labute approximate surface area is 92.2 Å². The van der Waals surface area contributed by atoms with Gasteiger partial charge in [0.2, 0.25) is 0 Å². The minimum atomic E-state index is -3.93. The average molecular weight is 249 g/mol. The fraction of sp³-hybridized carbons (Fsp3) is 0.222. The molecule has 1 aromatic carbocycles. The molecule has 0 heterocycles. The molecule has 0 atom stereocenters. The largest absolute Gasteiger partial charge is 0.496 e. The predicted octanol–water partition coefficient (Wildman–Crippen LogP) is 1.74. The van der Waals surface area contributed by atoms with Crippen LogP contribution >= 0.6 is 10.7 Å². The van der Waals surface area contributed by atoms with Crippen molar-refractivity contribution in [3.05, 3.63) is 23.3 Å². The summed E-state index contributed by atoms with van der Waals surface area (Å²) in [5.41, 5.74) is 0.701. The molecule has 82 valence electrons. The lowest BCUT2D eigenvalue weighted by molar-refractivity contribution is 0.112. The standard InChI is InChI=1S/C9H9ClO4S/c1-6-3-7(5-11)9(15(10,12)13)4-8(6)14-2/h3-5H,1-2H3. The predicted molar refractivity (Wildman–Crippen MR) is 56.2 cm³/mol. The van der Waals surface area contributed by atoms with E-state index in [2.05, 4.69) is 0 Å². The van der Waals surface area contributed by atoms with Gasteiger partial charge in [-0.05, 0) is 18.6 Å². The molecule has 6 heteroatoms. The van der Waals surface area contributed by atoms with Crippen molar-refractivity contribution >= 4 is 26.0 Å². The molecule has 0 aromatic heterocycles. The van der Waals surface area contributed by atoms with Crippen LogP contribution in [0.4, 0.5) is 0 Å². The Morgan fingerprint density at radius 3 is 2.40 bits per heavy atom. The third kappa shape index (κ3) is 2.49. The van der Waals surface area contributed by atoms with Gasteiger partial charge in [0, 0.05) is 22.3 Å². The van der Waals surface area contributed by atoms with Crippen molar-refractivity contribution in [3.8, 4) is 5.75 Å². The van der Waals surface area contributed by atoms with Gasteiger partial charge in [-0.2, -0.15) is 0 Å². The third-order valence-electron chi connectivity index (χ3n) is 1.92. The second-order valence-corrected chi connectivity index (χ2v) is 5.45. The highest BCUT2D eigenvalue weighted by atomic mass is 35.7. The van der Waals surface area contributed by atoms with Crippen LogP contribution in [0.2, 0.25) is 0 Å². The van der Waals surface area contributed by atoms with E-state index in [9.17, 15) is 13.2 Å². The van der Waals surface area contributed by atoms with E-state index in [1.165, 1.54) is 19.2 Å². The first-order valence-electron chi connectivity index (χ1n) is 3.98. The first-order valence-corrected chi connectivity index (χ1v) is 6.29. The highest BCUT2D eigenvalue weighted by Crippen LogP contribution is 2.27. The van der Waals surface area contributed by atoms with Crippen molar-refractivity contribution in [2.75, 3.05) is 7.11 Å². The Bertz CT molecular complexity index is 493. The summed E-state index contributed by atoms with van der Waals surface area (Å²) < 4.78 is 27.2. The van der Waals surface area contributed by atoms with Gasteiger partial charge in [0.15, 0.2) is 6.29 Å². The van der Waals surface area contributed by atoms with Gasteiger partial charge in [-0.15, -0.1) is 0 Å². The first kappa shape index (κ1) is 12.0. The van der Waals surface area contributed by atoms with Crippen LogP contribution in [0.15, 0.2) is 17.0 Å². The van der Waals surface area contributed by atoms with Crippen LogP contribution in [-0.2, 0) is 9.05 Å². The van der Waals surface area contributed by atoms with Crippen LogP contribution in [0, 0.1) is 6.92 Å². The van der Waals surface area contributed by atoms with Gasteiger partial charge >= 0.3 is 0 Å². The van der Waals surface area contributed by atoms with Crippen molar-refractivity contribution < 1.29 is 17.9 Å². The number of hydrogen-bond donors (Lipinski definition) is 0. The van der Waals surface area contributed by atoms with E-state index in [1.807, 2.05) is 0 Å². The topological polar surface area (TPSA) is 60.4 Å². The fourth-order valence-electron chi connectivity index (χ4n) is 1.21. The molecule has 0 aliphatic rings. The number of carbonyl (C=O) groups is 1. The average Bonchev–Trinajstić information content (AvgIpc) is 2.15. The zero-order valence-corrected chi connectivity index (χ0v) is 9.72. The van der Waals surface area contributed by atoms with E-state index in [4.69, 9.17) is 15.4 Å². The van der Waals surface area contributed by atoms with Gasteiger partial charge in [0.05, 0.1) is 12.0 Å². The van der Waals surface area contributed by atoms with Crippen molar-refractivity contribution in [2.45, 2.75) is 11.8 Å². The molecule has 0 saturated heterocycles. The van der Waals surface area contributed by atoms with Gasteiger partial charge in [-0.3, -0.25) is 4.79 Å². The Kier molecular flexibility index (Phi) is 3.36. The van der Waals surface area contributed by atoms with E-state index < -0.39 is 9.05 Å². The van der Waals surface area contributed by atoms with Crippen LogP contribution in [0.3, 0.4) is 0 Å². The second-order valence-electron chi connectivity index (χ2n) is 2.92. The number of aldehydes is 1. The first-order chi connectivity index (χ1) is 6.90. The molecule has 0 saturated carbocycles. The van der Waals surface area contributed by atoms with Gasteiger partial charge < -0.3 is 4.74 Å². The van der Waals surface area contributed by atoms with Crippen LogP contribution in [0.25, 0.3) is 0 Å². The second kappa shape index (κ2) is 4.20. The summed E-state index contributed by atoms with van der Waals surface area (Å²) in [5.74, 6) is 0.375. The molecule has 0 unspecified atom stereocenters. The number of ether oxygens (including phenoxy) is 1. The Morgan fingerprint density at radius 2 is 2.00 bits per heavy atom. The van der Waals surface area contributed by atoms with Crippen molar-refractivity contribution in [1.29, 1.82) is 0 Å². The molecule has 0 amide bonds. The van der Waals surface area contributed by atoms with E-state index in [0.717, 1.165) is 0 Å². The molecule has 0 spiro atoms. The lowest BCUT2D eigenvalue weighted by atomic mass is 10.1. The molecule has 0 aliphatic carbocycles. The normalized spacial score (nSPS) is 11.1. The van der Waals surface area contributed by atoms with E-state index in [1.54, 1.807) is 6.92 Å². The number of hydrogen-bond acceptors (Lipinski definition) is 4. The number of methoxy groups -OCH3 is 1. The highest BCUT2D eigenvalue weighted by Gasteiger charge is 2.17. The number of aryl methyl sites for hydroxylation is 1. The van der Waals surface area contributed by atoms with Crippen LogP contribution in [-0.4, -0.2) is 21.8 Å². The van der Waals surface area contributed by atoms with Gasteiger partial charge in [-0.1, -0.05) is 0 Å². The Balaban J connectivity index is 3.56. The minimum absolute atomic E-state index is 0.0308. The molecule has 0 N–H and O–H groups in total. The molecule has 0 radical (unpaired) electrons. The summed E-state index contributed by atoms with van der Waals surface area (Å²) in [6.45, 7) is 1.70. The number of rotatable bonds is 3. The van der Waals surface area contributed by atoms with Crippen molar-refractivity contribution in [3.63, 3.8) is 0 Å². The maximum absolute atomic E-state index is 11.1. The number of benzene rings is 1. The fourth-order valence-corrected chi connectivity index (χ4v) is 2.25. The SMILES string of the molecule is COc1cc(S(=O)(=O)Cl)c(C=O)cc1C. The van der Waals surface area contributed by atoms with Crippen LogP contribution in [0.1, 0.15) is 15.9 Å². The van der Waals surface area contributed by atoms with Gasteiger partial charge in [-0.25, -0.2) is 8.42 Å². The van der Waals surface area contributed by atoms with Crippen LogP contribution < -0.4 is 4.74 Å². The van der Waals surface area contributed by atoms with Gasteiger partial charge in [0.25, 0.3) is 9.05 Å². The number of carbonyl (C=O) groups excluding carboxylic acids is 1. The Morgan fingerprint density at radius 1 is 1.40 bits per heavy atom. The molecular weight excluding hydrogens is 240 g/mol. The minimum Gasteiger partial charge on any atom is -0.496 e. The zero-order chi connectivity index (χ0) is 11.6. The molecule has 4 nitrogen and oxygen atoms in total. The van der Waals surface area contributed by atoms with E-state index >= 15 is 0 Å². The molecule has 0 aliphatic heterocycles. The summed E-state index contributed by atoms with van der Waals surface area (Å²) in [6, 6.07) is 2.66. The van der Waals surface area contributed by atoms with Gasteiger partial charge in [0.1, 0.15) is 5.75 Å². The van der Waals surface area contributed by atoms with Crippen molar-refractivity contribution in [2.24, 2.45) is 0 Å². The molecule has 0 fully saturated rings.